The minimum atomic E-state index is -4.61. The van der Waals surface area contributed by atoms with Crippen molar-refractivity contribution in [1.82, 2.24) is 20.9 Å². The van der Waals surface area contributed by atoms with Crippen LogP contribution in [0, 0.1) is 0 Å². The Hall–Kier alpha value is -5.04. The summed E-state index contributed by atoms with van der Waals surface area (Å²) in [4.78, 5) is 58.7. The van der Waals surface area contributed by atoms with E-state index in [0.29, 0.717) is 23.2 Å². The molecule has 4 amide bonds. The summed E-state index contributed by atoms with van der Waals surface area (Å²) in [6.07, 6.45) is -1.84. The molecule has 1 aliphatic heterocycles. The molecule has 0 radical (unpaired) electrons. The van der Waals surface area contributed by atoms with Gasteiger partial charge in [-0.15, -0.1) is 0 Å². The zero-order chi connectivity index (χ0) is 35.0. The molecular weight excluding hydrogens is 703 g/mol. The molecule has 2 heterocycles. The van der Waals surface area contributed by atoms with E-state index in [2.05, 4.69) is 42.2 Å². The van der Waals surface area contributed by atoms with Crippen LogP contribution in [0.15, 0.2) is 102 Å². The third kappa shape index (κ3) is 10.2. The zero-order valence-electron chi connectivity index (χ0n) is 26.1. The fraction of sp³-hybridized carbons (Fsp3) is 0.250. The molecule has 0 saturated carbocycles. The maximum absolute atomic E-state index is 13.9. The molecular formula is C36H33BrF3N5O4. The van der Waals surface area contributed by atoms with E-state index in [9.17, 15) is 32.3 Å². The topological polar surface area (TPSA) is 129 Å². The summed E-state index contributed by atoms with van der Waals surface area (Å²) in [6, 6.07) is 18.8. The van der Waals surface area contributed by atoms with Crippen LogP contribution in [0.5, 0.6) is 0 Å². The van der Waals surface area contributed by atoms with Gasteiger partial charge in [0.2, 0.25) is 23.6 Å². The van der Waals surface area contributed by atoms with Crippen molar-refractivity contribution in [2.24, 2.45) is 0 Å². The minimum Gasteiger partial charge on any atom is -0.351 e. The minimum absolute atomic E-state index is 0.0122. The number of hydrogen-bond donors (Lipinski definition) is 4. The van der Waals surface area contributed by atoms with Gasteiger partial charge >= 0.3 is 6.18 Å². The van der Waals surface area contributed by atoms with Crippen molar-refractivity contribution in [3.8, 4) is 0 Å². The quantitative estimate of drug-likeness (QED) is 0.223. The van der Waals surface area contributed by atoms with Crippen LogP contribution < -0.4 is 21.3 Å². The molecule has 3 atom stereocenters. The molecule has 0 saturated heterocycles. The van der Waals surface area contributed by atoms with Gasteiger partial charge in [-0.1, -0.05) is 70.5 Å². The lowest BCUT2D eigenvalue weighted by atomic mass is 10.00. The molecule has 0 bridgehead atoms. The first-order valence-electron chi connectivity index (χ1n) is 15.5. The van der Waals surface area contributed by atoms with Crippen LogP contribution in [0.4, 0.5) is 18.9 Å². The van der Waals surface area contributed by atoms with Crippen LogP contribution in [0.25, 0.3) is 0 Å². The number of aromatic nitrogens is 1. The van der Waals surface area contributed by atoms with E-state index in [4.69, 9.17) is 0 Å². The van der Waals surface area contributed by atoms with Gasteiger partial charge in [0.25, 0.3) is 0 Å². The van der Waals surface area contributed by atoms with Crippen LogP contribution in [-0.2, 0) is 51.0 Å². The first kappa shape index (κ1) is 35.3. The molecule has 13 heteroatoms. The second kappa shape index (κ2) is 15.9. The second-order valence-corrected chi connectivity index (χ2v) is 12.7. The first-order chi connectivity index (χ1) is 23.4. The average molecular weight is 737 g/mol. The summed E-state index contributed by atoms with van der Waals surface area (Å²) in [6.45, 7) is 0. The van der Waals surface area contributed by atoms with Crippen molar-refractivity contribution in [2.75, 3.05) is 5.32 Å². The summed E-state index contributed by atoms with van der Waals surface area (Å²) in [5.41, 5.74) is 1.57. The lowest BCUT2D eigenvalue weighted by Crippen LogP contribution is -2.56. The Labute approximate surface area is 289 Å². The molecule has 0 spiro atoms. The van der Waals surface area contributed by atoms with Crippen molar-refractivity contribution in [3.05, 3.63) is 130 Å². The highest BCUT2D eigenvalue weighted by Gasteiger charge is 2.32. The average Bonchev–Trinajstić information content (AvgIpc) is 3.06. The van der Waals surface area contributed by atoms with Gasteiger partial charge in [-0.2, -0.15) is 13.2 Å². The fourth-order valence-corrected chi connectivity index (χ4v) is 5.84. The Balaban J connectivity index is 1.51. The number of amides is 4. The molecule has 4 N–H and O–H groups in total. The number of anilines is 1. The van der Waals surface area contributed by atoms with E-state index in [-0.39, 0.29) is 31.2 Å². The molecule has 1 aromatic heterocycles. The third-order valence-corrected chi connectivity index (χ3v) is 8.49. The predicted molar refractivity (Wildman–Crippen MR) is 180 cm³/mol. The van der Waals surface area contributed by atoms with E-state index in [1.54, 1.807) is 48.8 Å². The number of pyridine rings is 1. The fourth-order valence-electron chi connectivity index (χ4n) is 5.58. The van der Waals surface area contributed by atoms with Crippen molar-refractivity contribution in [1.29, 1.82) is 0 Å². The molecule has 49 heavy (non-hydrogen) atoms. The third-order valence-electron chi connectivity index (χ3n) is 7.96. The summed E-state index contributed by atoms with van der Waals surface area (Å²) in [5.74, 6) is -2.37. The van der Waals surface area contributed by atoms with E-state index >= 15 is 0 Å². The summed E-state index contributed by atoms with van der Waals surface area (Å²) in [7, 11) is 0. The number of hydrogen-bond acceptors (Lipinski definition) is 5. The maximum atomic E-state index is 13.9. The lowest BCUT2D eigenvalue weighted by Gasteiger charge is -2.26. The zero-order valence-corrected chi connectivity index (χ0v) is 27.7. The molecule has 0 unspecified atom stereocenters. The number of nitrogens with zero attached hydrogens (tertiary/aromatic N) is 1. The van der Waals surface area contributed by atoms with Crippen LogP contribution in [0.1, 0.15) is 34.2 Å². The van der Waals surface area contributed by atoms with Gasteiger partial charge in [0, 0.05) is 47.9 Å². The number of rotatable bonds is 6. The number of fused-ring (bicyclic) bond motifs is 1. The first-order valence-corrected chi connectivity index (χ1v) is 16.3. The highest BCUT2D eigenvalue weighted by Crippen LogP contribution is 2.30. The summed E-state index contributed by atoms with van der Waals surface area (Å²) in [5, 5.41) is 11.1. The van der Waals surface area contributed by atoms with Gasteiger partial charge < -0.3 is 21.3 Å². The maximum Gasteiger partial charge on any atom is 0.416 e. The second-order valence-electron chi connectivity index (χ2n) is 11.8. The number of para-hydroxylation sites is 1. The Bertz CT molecular complexity index is 1800. The van der Waals surface area contributed by atoms with Crippen LogP contribution in [-0.4, -0.2) is 46.7 Å². The summed E-state index contributed by atoms with van der Waals surface area (Å²) >= 11 is 3.41. The number of nitrogens with one attached hydrogen (secondary N) is 4. The number of carbonyl (C=O) groups excluding carboxylic acids is 4. The van der Waals surface area contributed by atoms with Crippen LogP contribution >= 0.6 is 15.9 Å². The van der Waals surface area contributed by atoms with E-state index < -0.39 is 53.5 Å². The molecule has 4 aromatic rings. The Morgan fingerprint density at radius 2 is 1.41 bits per heavy atom. The molecule has 0 aliphatic carbocycles. The largest absolute Gasteiger partial charge is 0.416 e. The number of halogens is 4. The van der Waals surface area contributed by atoms with Gasteiger partial charge in [0.15, 0.2) is 0 Å². The van der Waals surface area contributed by atoms with E-state index in [0.717, 1.165) is 22.2 Å². The number of benzene rings is 3. The SMILES string of the molecule is O=C1C[C@H](Cc2ccc(Br)cc2)NC(=O)[C@H](Cc2cccnc2)NC(=O)[C@H](Cc2cccc(C(F)(F)F)c2)NC(=O)Cc2ccccc2N1. The van der Waals surface area contributed by atoms with Crippen LogP contribution in [0.2, 0.25) is 0 Å². The highest BCUT2D eigenvalue weighted by molar-refractivity contribution is 9.10. The molecule has 3 aromatic carbocycles. The van der Waals surface area contributed by atoms with Gasteiger partial charge in [-0.05, 0) is 59.0 Å². The van der Waals surface area contributed by atoms with Gasteiger partial charge in [-0.3, -0.25) is 24.2 Å². The van der Waals surface area contributed by atoms with E-state index in [1.807, 2.05) is 24.3 Å². The molecule has 5 rings (SSSR count). The van der Waals surface area contributed by atoms with Crippen molar-refractivity contribution >= 4 is 45.2 Å². The Morgan fingerprint density at radius 1 is 0.714 bits per heavy atom. The van der Waals surface area contributed by atoms with Gasteiger partial charge in [0.1, 0.15) is 12.1 Å². The van der Waals surface area contributed by atoms with Gasteiger partial charge in [-0.25, -0.2) is 0 Å². The van der Waals surface area contributed by atoms with Crippen LogP contribution in [0.3, 0.4) is 0 Å². The normalized spacial score (nSPS) is 19.3. The molecule has 254 valence electrons. The standard InChI is InChI=1S/C36H33BrF3N5O4/c37-27-12-10-22(11-13-27)16-28-20-33(47)43-29-9-2-1-7-25(29)19-32(46)44-30(17-23-5-3-8-26(15-23)36(38,39)40)35(49)45-31(34(48)42-28)18-24-6-4-14-41-21-24/h1-15,21,28,30-31H,16-20H2,(H,42,48)(H,43,47)(H,44,46)(H,45,49)/t28-,30-,31-/m0/s1. The number of alkyl halides is 3. The number of carbonyl (C=O) groups is 4. The predicted octanol–water partition coefficient (Wildman–Crippen LogP) is 4.93. The van der Waals surface area contributed by atoms with Gasteiger partial charge in [0.05, 0.1) is 12.0 Å². The van der Waals surface area contributed by atoms with Crippen molar-refractivity contribution < 1.29 is 32.3 Å². The monoisotopic (exact) mass is 735 g/mol. The molecule has 9 nitrogen and oxygen atoms in total. The highest BCUT2D eigenvalue weighted by atomic mass is 79.9. The van der Waals surface area contributed by atoms with E-state index in [1.165, 1.54) is 12.1 Å². The van der Waals surface area contributed by atoms with Crippen molar-refractivity contribution in [3.63, 3.8) is 0 Å². The lowest BCUT2D eigenvalue weighted by molar-refractivity contribution is -0.137. The molecule has 1 aliphatic rings. The van der Waals surface area contributed by atoms with Crippen molar-refractivity contribution in [2.45, 2.75) is 56.4 Å². The summed E-state index contributed by atoms with van der Waals surface area (Å²) < 4.78 is 41.4. The molecule has 0 fully saturated rings. The Morgan fingerprint density at radius 3 is 2.14 bits per heavy atom. The smallest absolute Gasteiger partial charge is 0.351 e. The Kier molecular flexibility index (Phi) is 11.4.